The average Bonchev–Trinajstić information content (AvgIpc) is 1.97. The highest BCUT2D eigenvalue weighted by atomic mass is 14.4. The van der Waals surface area contributed by atoms with Crippen LogP contribution in [0.25, 0.3) is 0 Å². The molecular formula is C11H17N. The summed E-state index contributed by atoms with van der Waals surface area (Å²) in [6.45, 7) is 8.56. The summed E-state index contributed by atoms with van der Waals surface area (Å²) < 4.78 is 0. The van der Waals surface area contributed by atoms with Crippen LogP contribution in [-0.2, 0) is 0 Å². The largest absolute Gasteiger partial charge is 0.198 e. The number of nitriles is 1. The van der Waals surface area contributed by atoms with E-state index < -0.39 is 0 Å². The van der Waals surface area contributed by atoms with Gasteiger partial charge < -0.3 is 0 Å². The maximum Gasteiger partial charge on any atom is 0.0628 e. The van der Waals surface area contributed by atoms with E-state index >= 15 is 0 Å². The molecule has 1 nitrogen and oxygen atoms in total. The molecule has 1 fully saturated rings. The molecule has 1 aliphatic rings. The van der Waals surface area contributed by atoms with Gasteiger partial charge in [0, 0.05) is 6.42 Å². The van der Waals surface area contributed by atoms with Gasteiger partial charge in [0.1, 0.15) is 0 Å². The van der Waals surface area contributed by atoms with Crippen molar-refractivity contribution in [2.75, 3.05) is 0 Å². The second-order valence-corrected chi connectivity index (χ2v) is 4.42. The van der Waals surface area contributed by atoms with E-state index in [0.717, 1.165) is 6.42 Å². The van der Waals surface area contributed by atoms with E-state index in [1.165, 1.54) is 18.4 Å². The molecule has 0 bridgehead atoms. The summed E-state index contributed by atoms with van der Waals surface area (Å²) in [5.41, 5.74) is 1.58. The van der Waals surface area contributed by atoms with Crippen LogP contribution in [0.15, 0.2) is 12.2 Å². The molecule has 0 aromatic heterocycles. The predicted molar refractivity (Wildman–Crippen MR) is 50.5 cm³/mol. The molecule has 0 N–H and O–H groups in total. The molecule has 0 aromatic carbocycles. The summed E-state index contributed by atoms with van der Waals surface area (Å²) in [5.74, 6) is 0.427. The van der Waals surface area contributed by atoms with Crippen LogP contribution in [-0.4, -0.2) is 0 Å². The Balaban J connectivity index is 2.75. The Morgan fingerprint density at radius 3 is 2.83 bits per heavy atom. The van der Waals surface area contributed by atoms with Crippen molar-refractivity contribution in [3.63, 3.8) is 0 Å². The third kappa shape index (κ3) is 1.69. The Kier molecular flexibility index (Phi) is 2.57. The maximum atomic E-state index is 8.68. The minimum Gasteiger partial charge on any atom is -0.198 e. The lowest BCUT2D eigenvalue weighted by molar-refractivity contribution is 0.193. The zero-order valence-electron chi connectivity index (χ0n) is 8.06. The van der Waals surface area contributed by atoms with Crippen LogP contribution in [0.1, 0.15) is 39.5 Å². The fourth-order valence-corrected chi connectivity index (χ4v) is 2.18. The van der Waals surface area contributed by atoms with Gasteiger partial charge in [-0.15, -0.1) is 0 Å². The van der Waals surface area contributed by atoms with E-state index in [9.17, 15) is 0 Å². The summed E-state index contributed by atoms with van der Waals surface area (Å²) in [4.78, 5) is 0. The van der Waals surface area contributed by atoms with Crippen molar-refractivity contribution in [1.29, 1.82) is 5.26 Å². The van der Waals surface area contributed by atoms with Crippen molar-refractivity contribution in [3.05, 3.63) is 12.2 Å². The monoisotopic (exact) mass is 163 g/mol. The second kappa shape index (κ2) is 3.31. The van der Waals surface area contributed by atoms with Gasteiger partial charge in [-0.1, -0.05) is 26.0 Å². The minimum atomic E-state index is 0.297. The zero-order valence-corrected chi connectivity index (χ0v) is 8.06. The van der Waals surface area contributed by atoms with Gasteiger partial charge in [0.15, 0.2) is 0 Å². The van der Waals surface area contributed by atoms with E-state index in [-0.39, 0.29) is 0 Å². The summed E-state index contributed by atoms with van der Waals surface area (Å²) >= 11 is 0. The lowest BCUT2D eigenvalue weighted by Crippen LogP contribution is -2.29. The first kappa shape index (κ1) is 9.32. The summed E-state index contributed by atoms with van der Waals surface area (Å²) in [6.07, 6.45) is 4.24. The van der Waals surface area contributed by atoms with Gasteiger partial charge in [0.25, 0.3) is 0 Å². The standard InChI is InChI=1S/C11H17N/c1-9-5-4-7-11(2,3)10(9)6-8-12/h10H,1,4-7H2,2-3H3. The molecule has 0 amide bonds. The van der Waals surface area contributed by atoms with Gasteiger partial charge in [0.05, 0.1) is 6.07 Å². The van der Waals surface area contributed by atoms with Crippen molar-refractivity contribution >= 4 is 0 Å². The number of hydrogen-bond donors (Lipinski definition) is 0. The van der Waals surface area contributed by atoms with Gasteiger partial charge in [-0.05, 0) is 30.6 Å². The predicted octanol–water partition coefficient (Wildman–Crippen LogP) is 3.28. The molecule has 66 valence electrons. The molecular weight excluding hydrogens is 146 g/mol. The quantitative estimate of drug-likeness (QED) is 0.544. The first-order chi connectivity index (χ1) is 5.58. The molecule has 0 aliphatic heterocycles. The molecule has 1 saturated carbocycles. The Bertz CT molecular complexity index is 220. The number of rotatable bonds is 1. The first-order valence-electron chi connectivity index (χ1n) is 4.62. The van der Waals surface area contributed by atoms with Crippen molar-refractivity contribution in [1.82, 2.24) is 0 Å². The van der Waals surface area contributed by atoms with E-state index in [2.05, 4.69) is 26.5 Å². The van der Waals surface area contributed by atoms with Crippen molar-refractivity contribution in [3.8, 4) is 6.07 Å². The fraction of sp³-hybridized carbons (Fsp3) is 0.727. The van der Waals surface area contributed by atoms with Crippen LogP contribution in [0.2, 0.25) is 0 Å². The molecule has 0 aromatic rings. The highest BCUT2D eigenvalue weighted by molar-refractivity contribution is 5.11. The zero-order chi connectivity index (χ0) is 9.19. The van der Waals surface area contributed by atoms with Gasteiger partial charge in [0.2, 0.25) is 0 Å². The van der Waals surface area contributed by atoms with Crippen molar-refractivity contribution in [2.24, 2.45) is 11.3 Å². The lowest BCUT2D eigenvalue weighted by Gasteiger charge is -2.39. The Morgan fingerprint density at radius 1 is 1.67 bits per heavy atom. The molecule has 0 saturated heterocycles. The van der Waals surface area contributed by atoms with Crippen LogP contribution in [0.5, 0.6) is 0 Å². The SMILES string of the molecule is C=C1CCCC(C)(C)C1CC#N. The lowest BCUT2D eigenvalue weighted by atomic mass is 9.66. The molecule has 1 atom stereocenters. The van der Waals surface area contributed by atoms with Crippen LogP contribution >= 0.6 is 0 Å². The van der Waals surface area contributed by atoms with Gasteiger partial charge in [-0.2, -0.15) is 5.26 Å². The molecule has 1 aliphatic carbocycles. The second-order valence-electron chi connectivity index (χ2n) is 4.42. The summed E-state index contributed by atoms with van der Waals surface area (Å²) in [6, 6.07) is 2.26. The van der Waals surface area contributed by atoms with Crippen LogP contribution in [0, 0.1) is 22.7 Å². The Labute approximate surface area is 75.1 Å². The first-order valence-corrected chi connectivity index (χ1v) is 4.62. The summed E-state index contributed by atoms with van der Waals surface area (Å²) in [5, 5.41) is 8.68. The average molecular weight is 163 g/mol. The Hall–Kier alpha value is -0.770. The van der Waals surface area contributed by atoms with E-state index in [1.54, 1.807) is 0 Å². The van der Waals surface area contributed by atoms with Crippen LogP contribution < -0.4 is 0 Å². The molecule has 0 radical (unpaired) electrons. The van der Waals surface area contributed by atoms with Crippen LogP contribution in [0.4, 0.5) is 0 Å². The van der Waals surface area contributed by atoms with Gasteiger partial charge >= 0.3 is 0 Å². The maximum absolute atomic E-state index is 8.68. The molecule has 1 unspecified atom stereocenters. The third-order valence-corrected chi connectivity index (χ3v) is 3.05. The number of nitrogens with zero attached hydrogens (tertiary/aromatic N) is 1. The minimum absolute atomic E-state index is 0.297. The molecule has 1 heteroatoms. The molecule has 0 spiro atoms. The molecule has 1 rings (SSSR count). The van der Waals surface area contributed by atoms with E-state index in [0.29, 0.717) is 17.8 Å². The highest BCUT2D eigenvalue weighted by Crippen LogP contribution is 2.44. The highest BCUT2D eigenvalue weighted by Gasteiger charge is 2.33. The third-order valence-electron chi connectivity index (χ3n) is 3.05. The topological polar surface area (TPSA) is 23.8 Å². The Morgan fingerprint density at radius 2 is 2.33 bits per heavy atom. The van der Waals surface area contributed by atoms with Crippen molar-refractivity contribution in [2.45, 2.75) is 39.5 Å². The smallest absolute Gasteiger partial charge is 0.0628 e. The van der Waals surface area contributed by atoms with Gasteiger partial charge in [-0.3, -0.25) is 0 Å². The molecule has 0 heterocycles. The number of allylic oxidation sites excluding steroid dienone is 1. The normalized spacial score (nSPS) is 28.1. The van der Waals surface area contributed by atoms with E-state index in [4.69, 9.17) is 5.26 Å². The van der Waals surface area contributed by atoms with Crippen LogP contribution in [0.3, 0.4) is 0 Å². The number of hydrogen-bond acceptors (Lipinski definition) is 1. The van der Waals surface area contributed by atoms with E-state index in [1.807, 2.05) is 0 Å². The molecule has 12 heavy (non-hydrogen) atoms. The van der Waals surface area contributed by atoms with Gasteiger partial charge in [-0.25, -0.2) is 0 Å². The van der Waals surface area contributed by atoms with Crippen molar-refractivity contribution < 1.29 is 0 Å². The fourth-order valence-electron chi connectivity index (χ4n) is 2.18. The summed E-state index contributed by atoms with van der Waals surface area (Å²) in [7, 11) is 0.